The molecule has 0 bridgehead atoms. The number of rotatable bonds is 3. The van der Waals surface area contributed by atoms with Crippen LogP contribution in [0.3, 0.4) is 0 Å². The van der Waals surface area contributed by atoms with E-state index < -0.39 is 5.97 Å². The van der Waals surface area contributed by atoms with Gasteiger partial charge in [0.05, 0.1) is 0 Å². The van der Waals surface area contributed by atoms with Gasteiger partial charge in [-0.25, -0.2) is 4.79 Å². The first-order chi connectivity index (χ1) is 7.49. The van der Waals surface area contributed by atoms with Crippen LogP contribution in [0.2, 0.25) is 0 Å². The van der Waals surface area contributed by atoms with Gasteiger partial charge in [0.1, 0.15) is 4.91 Å². The fourth-order valence-corrected chi connectivity index (χ4v) is 1.70. The Morgan fingerprint density at radius 1 is 1.25 bits per heavy atom. The van der Waals surface area contributed by atoms with Crippen LogP contribution in [0.4, 0.5) is 0 Å². The minimum Gasteiger partial charge on any atom is -0.477 e. The smallest absolute Gasteiger partial charge is 0.342 e. The van der Waals surface area contributed by atoms with Crippen molar-refractivity contribution in [3.8, 4) is 0 Å². The Hall–Kier alpha value is -1.55. The van der Waals surface area contributed by atoms with Gasteiger partial charge in [0.25, 0.3) is 0 Å². The second-order valence-corrected chi connectivity index (χ2v) is 4.54. The Labute approximate surface area is 98.2 Å². The van der Waals surface area contributed by atoms with Crippen molar-refractivity contribution >= 4 is 28.9 Å². The Kier molecular flexibility index (Phi) is 4.31. The summed E-state index contributed by atoms with van der Waals surface area (Å²) < 4.78 is 0. The molecule has 0 aliphatic rings. The number of carbonyl (C=O) groups excluding carboxylic acids is 1. The molecule has 0 aliphatic carbocycles. The van der Waals surface area contributed by atoms with Crippen LogP contribution in [-0.4, -0.2) is 16.2 Å². The van der Waals surface area contributed by atoms with Crippen LogP contribution in [-0.2, 0) is 9.59 Å². The summed E-state index contributed by atoms with van der Waals surface area (Å²) in [6, 6.07) is 7.42. The van der Waals surface area contributed by atoms with Crippen LogP contribution >= 0.6 is 11.8 Å². The van der Waals surface area contributed by atoms with Crippen LogP contribution < -0.4 is 0 Å². The molecular weight excluding hydrogens is 224 g/mol. The van der Waals surface area contributed by atoms with Crippen LogP contribution in [0.1, 0.15) is 18.1 Å². The Bertz CT molecular complexity index is 432. The summed E-state index contributed by atoms with van der Waals surface area (Å²) in [5, 5.41) is 8.66. The zero-order chi connectivity index (χ0) is 12.1. The Morgan fingerprint density at radius 3 is 2.25 bits per heavy atom. The lowest BCUT2D eigenvalue weighted by molar-refractivity contribution is -0.131. The molecule has 1 aromatic carbocycles. The molecule has 0 aliphatic heterocycles. The third-order valence-corrected chi connectivity index (χ3v) is 2.64. The maximum atomic E-state index is 10.9. The van der Waals surface area contributed by atoms with E-state index in [1.54, 1.807) is 0 Å². The molecule has 3 nitrogen and oxygen atoms in total. The van der Waals surface area contributed by atoms with Gasteiger partial charge in [-0.2, -0.15) is 0 Å². The van der Waals surface area contributed by atoms with Gasteiger partial charge in [0, 0.05) is 6.92 Å². The summed E-state index contributed by atoms with van der Waals surface area (Å²) in [6.07, 6.45) is 1.49. The second-order valence-electron chi connectivity index (χ2n) is 3.32. The molecule has 0 saturated carbocycles. The normalized spacial score (nSPS) is 11.2. The average Bonchev–Trinajstić information content (AvgIpc) is 2.19. The van der Waals surface area contributed by atoms with Gasteiger partial charge < -0.3 is 5.11 Å². The van der Waals surface area contributed by atoms with Crippen molar-refractivity contribution in [3.05, 3.63) is 40.3 Å². The van der Waals surface area contributed by atoms with Gasteiger partial charge in [-0.05, 0) is 30.3 Å². The van der Waals surface area contributed by atoms with Crippen molar-refractivity contribution in [1.82, 2.24) is 0 Å². The predicted molar refractivity (Wildman–Crippen MR) is 65.1 cm³/mol. The summed E-state index contributed by atoms with van der Waals surface area (Å²) >= 11 is 0.729. The van der Waals surface area contributed by atoms with Gasteiger partial charge in [0.15, 0.2) is 5.12 Å². The van der Waals surface area contributed by atoms with Gasteiger partial charge in [-0.15, -0.1) is 0 Å². The molecule has 0 fully saturated rings. The zero-order valence-corrected chi connectivity index (χ0v) is 9.88. The molecule has 84 valence electrons. The molecule has 1 aromatic rings. The monoisotopic (exact) mass is 236 g/mol. The van der Waals surface area contributed by atoms with Gasteiger partial charge in [0.2, 0.25) is 0 Å². The SMILES string of the molecule is CC(=O)S/C(=C\c1ccc(C)cc1)C(=O)O. The standard InChI is InChI=1S/C12H12O3S/c1-8-3-5-10(6-4-8)7-11(12(14)15)16-9(2)13/h3-7H,1-2H3,(H,14,15)/b11-7-. The number of carboxylic acids is 1. The maximum absolute atomic E-state index is 10.9. The summed E-state index contributed by atoms with van der Waals surface area (Å²) in [4.78, 5) is 21.8. The minimum atomic E-state index is -1.08. The van der Waals surface area contributed by atoms with Crippen LogP contribution in [0, 0.1) is 6.92 Å². The highest BCUT2D eigenvalue weighted by atomic mass is 32.2. The zero-order valence-electron chi connectivity index (χ0n) is 9.06. The largest absolute Gasteiger partial charge is 0.477 e. The molecular formula is C12H12O3S. The fraction of sp³-hybridized carbons (Fsp3) is 0.167. The van der Waals surface area contributed by atoms with Gasteiger partial charge >= 0.3 is 5.97 Å². The van der Waals surface area contributed by atoms with Crippen LogP contribution in [0.5, 0.6) is 0 Å². The molecule has 4 heteroatoms. The van der Waals surface area contributed by atoms with Crippen LogP contribution in [0.15, 0.2) is 29.2 Å². The highest BCUT2D eigenvalue weighted by molar-refractivity contribution is 8.17. The number of benzene rings is 1. The molecule has 0 atom stereocenters. The lowest BCUT2D eigenvalue weighted by Gasteiger charge is -1.99. The molecule has 1 N–H and O–H groups in total. The molecule has 0 spiro atoms. The predicted octanol–water partition coefficient (Wildman–Crippen LogP) is 2.70. The summed E-state index contributed by atoms with van der Waals surface area (Å²) in [6.45, 7) is 3.30. The molecule has 16 heavy (non-hydrogen) atoms. The number of aliphatic carboxylic acids is 1. The third-order valence-electron chi connectivity index (χ3n) is 1.84. The minimum absolute atomic E-state index is 0.0383. The fourth-order valence-electron chi connectivity index (χ4n) is 1.10. The maximum Gasteiger partial charge on any atom is 0.342 e. The number of carbonyl (C=O) groups is 2. The van der Waals surface area contributed by atoms with E-state index in [0.717, 1.165) is 22.9 Å². The van der Waals surface area contributed by atoms with E-state index in [-0.39, 0.29) is 10.0 Å². The van der Waals surface area contributed by atoms with Gasteiger partial charge in [-0.1, -0.05) is 29.8 Å². The number of aryl methyl sites for hydroxylation is 1. The van der Waals surface area contributed by atoms with E-state index in [0.29, 0.717) is 0 Å². The van der Waals surface area contributed by atoms with E-state index in [9.17, 15) is 9.59 Å². The first kappa shape index (κ1) is 12.5. The lowest BCUT2D eigenvalue weighted by atomic mass is 10.1. The average molecular weight is 236 g/mol. The lowest BCUT2D eigenvalue weighted by Crippen LogP contribution is -1.99. The first-order valence-corrected chi connectivity index (χ1v) is 5.51. The van der Waals surface area contributed by atoms with E-state index >= 15 is 0 Å². The Morgan fingerprint density at radius 2 is 1.81 bits per heavy atom. The number of hydrogen-bond donors (Lipinski definition) is 1. The van der Waals surface area contributed by atoms with Crippen molar-refractivity contribution in [3.63, 3.8) is 0 Å². The van der Waals surface area contributed by atoms with Gasteiger partial charge in [-0.3, -0.25) is 4.79 Å². The van der Waals surface area contributed by atoms with E-state index in [1.807, 2.05) is 31.2 Å². The first-order valence-electron chi connectivity index (χ1n) is 4.69. The van der Waals surface area contributed by atoms with Crippen LogP contribution in [0.25, 0.3) is 6.08 Å². The quantitative estimate of drug-likeness (QED) is 0.820. The molecule has 0 radical (unpaired) electrons. The molecule has 0 aromatic heterocycles. The van der Waals surface area contributed by atoms with Crippen molar-refractivity contribution in [2.75, 3.05) is 0 Å². The van der Waals surface area contributed by atoms with Crippen molar-refractivity contribution < 1.29 is 14.7 Å². The second kappa shape index (κ2) is 5.51. The Balaban J connectivity index is 2.97. The number of carboxylic acid groups (broad SMARTS) is 1. The highest BCUT2D eigenvalue weighted by Gasteiger charge is 2.10. The number of hydrogen-bond acceptors (Lipinski definition) is 3. The van der Waals surface area contributed by atoms with Crippen molar-refractivity contribution in [1.29, 1.82) is 0 Å². The summed E-state index contributed by atoms with van der Waals surface area (Å²) in [5.41, 5.74) is 1.88. The topological polar surface area (TPSA) is 54.4 Å². The van der Waals surface area contributed by atoms with Crippen molar-refractivity contribution in [2.24, 2.45) is 0 Å². The molecule has 0 heterocycles. The third kappa shape index (κ3) is 3.90. The highest BCUT2D eigenvalue weighted by Crippen LogP contribution is 2.20. The number of thioether (sulfide) groups is 1. The summed E-state index contributed by atoms with van der Waals surface area (Å²) in [5.74, 6) is -1.08. The molecule has 1 rings (SSSR count). The molecule has 0 unspecified atom stereocenters. The van der Waals surface area contributed by atoms with E-state index in [4.69, 9.17) is 5.11 Å². The van der Waals surface area contributed by atoms with Crippen molar-refractivity contribution in [2.45, 2.75) is 13.8 Å². The van der Waals surface area contributed by atoms with E-state index in [1.165, 1.54) is 13.0 Å². The molecule has 0 amide bonds. The molecule has 0 saturated heterocycles. The summed E-state index contributed by atoms with van der Waals surface area (Å²) in [7, 11) is 0. The van der Waals surface area contributed by atoms with E-state index in [2.05, 4.69) is 0 Å².